The predicted molar refractivity (Wildman–Crippen MR) is 379 cm³/mol. The molecule has 3 aliphatic heterocycles. The molecule has 0 radical (unpaired) electrons. The second kappa shape index (κ2) is 58.5. The van der Waals surface area contributed by atoms with E-state index in [0.717, 1.165) is 44.9 Å². The summed E-state index contributed by atoms with van der Waals surface area (Å²) in [5.41, 5.74) is 0. The molecule has 17 atom stereocenters. The maximum absolute atomic E-state index is 13.5. The number of allylic oxidation sites excluding steroid dienone is 5. The number of rotatable bonds is 62. The largest absolute Gasteiger partial charge is 0.394 e. The van der Waals surface area contributed by atoms with Gasteiger partial charge in [-0.1, -0.05) is 301 Å². The van der Waals surface area contributed by atoms with Gasteiger partial charge in [-0.15, -0.1) is 0 Å². The van der Waals surface area contributed by atoms with E-state index >= 15 is 0 Å². The minimum absolute atomic E-state index is 0.236. The number of aliphatic hydroxyl groups is 11. The monoisotopic (exact) mass is 1370 g/mol. The van der Waals surface area contributed by atoms with Gasteiger partial charge in [-0.25, -0.2) is 0 Å². The van der Waals surface area contributed by atoms with E-state index in [1.165, 1.54) is 238 Å². The number of carbonyl (C=O) groups excluding carboxylic acids is 1. The van der Waals surface area contributed by atoms with Crippen molar-refractivity contribution in [2.75, 3.05) is 26.4 Å². The molecule has 3 heterocycles. The number of carbonyl (C=O) groups is 1. The highest BCUT2D eigenvalue weighted by Crippen LogP contribution is 2.33. The van der Waals surface area contributed by atoms with Crippen molar-refractivity contribution < 1.29 is 89.4 Å². The lowest BCUT2D eigenvalue weighted by atomic mass is 9.96. The zero-order chi connectivity index (χ0) is 69.6. The number of hydrogen-bond acceptors (Lipinski definition) is 18. The van der Waals surface area contributed by atoms with Crippen LogP contribution in [-0.2, 0) is 33.2 Å². The average molecular weight is 1370 g/mol. The molecule has 0 aliphatic carbocycles. The van der Waals surface area contributed by atoms with E-state index in [4.69, 9.17) is 28.4 Å². The minimum atomic E-state index is -1.98. The minimum Gasteiger partial charge on any atom is -0.394 e. The molecule has 3 saturated heterocycles. The highest BCUT2D eigenvalue weighted by molar-refractivity contribution is 5.76. The lowest BCUT2D eigenvalue weighted by Gasteiger charge is -2.48. The molecule has 3 rings (SSSR count). The Labute approximate surface area is 581 Å². The SMILES string of the molecule is CCCCCCCCCCCCCCCCCC/C=C/CC/C=C/CC/C=C/C(O)C(COC1OC(CO)C(OC2OC(CO)C(OC3OC(CO)C(O)C(O)C3O)C(O)C2O)C(O)C1O)NC(=O)CCCCCCCCCCCCCCCCCCCCCCCCCCC. The normalized spacial score (nSPS) is 27.2. The Balaban J connectivity index is 1.41. The number of unbranched alkanes of at least 4 members (excludes halogenated alkanes) is 42. The van der Waals surface area contributed by atoms with Gasteiger partial charge >= 0.3 is 0 Å². The third kappa shape index (κ3) is 38.9. The molecule has 0 bridgehead atoms. The fraction of sp³-hybridized carbons (Fsp3) is 0.909. The smallest absolute Gasteiger partial charge is 0.220 e. The fourth-order valence-electron chi connectivity index (χ4n) is 13.3. The van der Waals surface area contributed by atoms with E-state index in [0.29, 0.717) is 12.8 Å². The van der Waals surface area contributed by atoms with Crippen molar-refractivity contribution in [2.24, 2.45) is 0 Å². The number of amides is 1. The molecule has 0 aromatic carbocycles. The first-order valence-corrected chi connectivity index (χ1v) is 39.2. The Morgan fingerprint density at radius 3 is 1.04 bits per heavy atom. The molecule has 0 aromatic heterocycles. The summed E-state index contributed by atoms with van der Waals surface area (Å²) in [6.07, 6.45) is 44.2. The van der Waals surface area contributed by atoms with Crippen LogP contribution in [0.1, 0.15) is 316 Å². The molecule has 564 valence electrons. The Bertz CT molecular complexity index is 1880. The molecule has 0 spiro atoms. The summed E-state index contributed by atoms with van der Waals surface area (Å²) in [6.45, 7) is 1.76. The molecule has 96 heavy (non-hydrogen) atoms. The van der Waals surface area contributed by atoms with Gasteiger partial charge in [0.15, 0.2) is 18.9 Å². The first-order chi connectivity index (χ1) is 46.8. The summed E-state index contributed by atoms with van der Waals surface area (Å²) in [4.78, 5) is 13.5. The van der Waals surface area contributed by atoms with Gasteiger partial charge in [0.1, 0.15) is 73.2 Å². The van der Waals surface area contributed by atoms with Crippen LogP contribution in [0.25, 0.3) is 0 Å². The Morgan fingerprint density at radius 1 is 0.365 bits per heavy atom. The van der Waals surface area contributed by atoms with Crippen LogP contribution >= 0.6 is 0 Å². The highest BCUT2D eigenvalue weighted by atomic mass is 16.8. The molecule has 0 aromatic rings. The van der Waals surface area contributed by atoms with Crippen molar-refractivity contribution in [1.29, 1.82) is 0 Å². The van der Waals surface area contributed by atoms with Gasteiger partial charge < -0.3 is 89.9 Å². The van der Waals surface area contributed by atoms with E-state index in [2.05, 4.69) is 43.5 Å². The topological polar surface area (TPSA) is 307 Å². The summed E-state index contributed by atoms with van der Waals surface area (Å²) in [5.74, 6) is -0.283. The third-order valence-electron chi connectivity index (χ3n) is 19.7. The van der Waals surface area contributed by atoms with Crippen LogP contribution in [0, 0.1) is 0 Å². The van der Waals surface area contributed by atoms with E-state index < -0.39 is 124 Å². The fourth-order valence-corrected chi connectivity index (χ4v) is 13.3. The summed E-state index contributed by atoms with van der Waals surface area (Å²) in [6, 6.07) is -0.996. The number of ether oxygens (including phenoxy) is 6. The summed E-state index contributed by atoms with van der Waals surface area (Å²) >= 11 is 0. The maximum Gasteiger partial charge on any atom is 0.220 e. The second-order valence-corrected chi connectivity index (χ2v) is 28.2. The van der Waals surface area contributed by atoms with Crippen LogP contribution in [0.3, 0.4) is 0 Å². The molecule has 17 unspecified atom stereocenters. The van der Waals surface area contributed by atoms with Crippen molar-refractivity contribution in [3.8, 4) is 0 Å². The first-order valence-electron chi connectivity index (χ1n) is 39.2. The summed E-state index contributed by atoms with van der Waals surface area (Å²) in [5, 5.41) is 121. The molecule has 0 saturated carbocycles. The summed E-state index contributed by atoms with van der Waals surface area (Å²) < 4.78 is 34.4. The van der Waals surface area contributed by atoms with Crippen LogP contribution in [0.2, 0.25) is 0 Å². The molecule has 3 aliphatic rings. The molecular formula is C77H143NO18. The van der Waals surface area contributed by atoms with E-state index in [1.807, 2.05) is 6.08 Å². The van der Waals surface area contributed by atoms with Gasteiger partial charge in [-0.3, -0.25) is 4.79 Å². The lowest BCUT2D eigenvalue weighted by Crippen LogP contribution is -2.66. The Kier molecular flexibility index (Phi) is 53.8. The van der Waals surface area contributed by atoms with E-state index in [9.17, 15) is 61.0 Å². The Hall–Kier alpha value is -1.99. The van der Waals surface area contributed by atoms with Crippen molar-refractivity contribution >= 4 is 5.91 Å². The van der Waals surface area contributed by atoms with Gasteiger partial charge in [0.25, 0.3) is 0 Å². The van der Waals surface area contributed by atoms with Gasteiger partial charge in [0, 0.05) is 6.42 Å². The molecule has 1 amide bonds. The molecule has 12 N–H and O–H groups in total. The summed E-state index contributed by atoms with van der Waals surface area (Å²) in [7, 11) is 0. The quantitative estimate of drug-likeness (QED) is 0.0199. The second-order valence-electron chi connectivity index (χ2n) is 28.2. The van der Waals surface area contributed by atoms with E-state index in [-0.39, 0.29) is 18.9 Å². The van der Waals surface area contributed by atoms with Crippen LogP contribution in [0.4, 0.5) is 0 Å². The van der Waals surface area contributed by atoms with Crippen molar-refractivity contribution in [1.82, 2.24) is 5.32 Å². The third-order valence-corrected chi connectivity index (χ3v) is 19.7. The molecule has 3 fully saturated rings. The van der Waals surface area contributed by atoms with Crippen LogP contribution in [0.15, 0.2) is 36.5 Å². The molecule has 19 heteroatoms. The van der Waals surface area contributed by atoms with Crippen LogP contribution in [0.5, 0.6) is 0 Å². The van der Waals surface area contributed by atoms with Crippen molar-refractivity contribution in [3.05, 3.63) is 36.5 Å². The van der Waals surface area contributed by atoms with Crippen LogP contribution < -0.4 is 5.32 Å². The first kappa shape index (κ1) is 88.2. The molecule has 19 nitrogen and oxygen atoms in total. The lowest BCUT2D eigenvalue weighted by molar-refractivity contribution is -0.379. The zero-order valence-electron chi connectivity index (χ0n) is 60.1. The Morgan fingerprint density at radius 2 is 0.667 bits per heavy atom. The standard InChI is InChI=1S/C77H143NO18/c1-3-5-7-9-11-13-15-17-19-21-23-25-27-29-31-32-34-36-38-40-42-44-46-48-50-52-54-61(82)60(78-65(83)55-53-51-49-47-45-43-41-39-37-35-33-30-28-26-24-22-20-18-16-14-12-10-8-6-4-2)59-91-75-71(89)68(86)73(63(57-80)93-75)96-77-72(90)69(87)74(64(58-81)94-77)95-76-70(88)67(85)66(84)62(56-79)92-76/h36,38,44,46,52,54,60-64,66-77,79-82,84-90H,3-35,37,39-43,45,47-51,53,55-59H2,1-2H3,(H,78,83)/b38-36+,46-44+,54-52+. The zero-order valence-corrected chi connectivity index (χ0v) is 60.1. The highest BCUT2D eigenvalue weighted by Gasteiger charge is 2.53. The van der Waals surface area contributed by atoms with Crippen molar-refractivity contribution in [2.45, 2.75) is 420 Å². The van der Waals surface area contributed by atoms with Gasteiger partial charge in [0.2, 0.25) is 5.91 Å². The number of aliphatic hydroxyl groups excluding tert-OH is 11. The molecular weight excluding hydrogens is 1230 g/mol. The number of hydrogen-bond donors (Lipinski definition) is 12. The van der Waals surface area contributed by atoms with Crippen molar-refractivity contribution in [3.63, 3.8) is 0 Å². The van der Waals surface area contributed by atoms with Crippen LogP contribution in [-0.4, -0.2) is 193 Å². The van der Waals surface area contributed by atoms with Gasteiger partial charge in [-0.2, -0.15) is 0 Å². The van der Waals surface area contributed by atoms with Gasteiger partial charge in [0.05, 0.1) is 38.6 Å². The van der Waals surface area contributed by atoms with E-state index in [1.54, 1.807) is 6.08 Å². The average Bonchev–Trinajstić information content (AvgIpc) is 0.786. The van der Waals surface area contributed by atoms with Gasteiger partial charge in [-0.05, 0) is 44.9 Å². The predicted octanol–water partition coefficient (Wildman–Crippen LogP) is 12.3. The number of nitrogens with one attached hydrogen (secondary N) is 1. The maximum atomic E-state index is 13.5.